The molecule has 0 atom stereocenters. The van der Waals surface area contributed by atoms with Crippen LogP contribution in [0.1, 0.15) is 29.2 Å². The second-order valence-corrected chi connectivity index (χ2v) is 7.72. The molecule has 0 aliphatic carbocycles. The Morgan fingerprint density at radius 2 is 1.45 bits per heavy atom. The summed E-state index contributed by atoms with van der Waals surface area (Å²) in [6.45, 7) is 4.23. The first-order valence-corrected chi connectivity index (χ1v) is 10.4. The van der Waals surface area contributed by atoms with Crippen molar-refractivity contribution in [3.05, 3.63) is 66.7 Å². The number of carbonyl (C=O) groups is 1. The maximum atomic E-state index is 11.3. The zero-order chi connectivity index (χ0) is 24.1. The number of nitro benzene ring substituents is 2. The number of benzene rings is 2. The van der Waals surface area contributed by atoms with Gasteiger partial charge in [0.15, 0.2) is 11.5 Å². The number of hydrogen-bond acceptors (Lipinski definition) is 8. The van der Waals surface area contributed by atoms with Crippen LogP contribution >= 0.6 is 0 Å². The van der Waals surface area contributed by atoms with Crippen LogP contribution in [0.25, 0.3) is 0 Å². The van der Waals surface area contributed by atoms with Gasteiger partial charge in [-0.3, -0.25) is 25.0 Å². The van der Waals surface area contributed by atoms with Gasteiger partial charge in [0, 0.05) is 38.7 Å². The van der Waals surface area contributed by atoms with E-state index in [9.17, 15) is 25.0 Å². The fourth-order valence-corrected chi connectivity index (χ4v) is 3.95. The fourth-order valence-electron chi connectivity index (χ4n) is 3.95. The molecule has 0 radical (unpaired) electrons. The Hall–Kier alpha value is -3.73. The molecule has 1 N–H and O–H groups in total. The Labute approximate surface area is 190 Å². The van der Waals surface area contributed by atoms with Crippen LogP contribution in [-0.2, 0) is 30.7 Å². The molecule has 11 nitrogen and oxygen atoms in total. The van der Waals surface area contributed by atoms with Crippen molar-refractivity contribution in [2.75, 3.05) is 27.3 Å². The Morgan fingerprint density at radius 1 is 0.909 bits per heavy atom. The Balaban J connectivity index is 0.000000189. The van der Waals surface area contributed by atoms with Crippen molar-refractivity contribution >= 4 is 17.3 Å². The summed E-state index contributed by atoms with van der Waals surface area (Å²) in [5.74, 6) is 0.588. The van der Waals surface area contributed by atoms with Crippen molar-refractivity contribution in [3.63, 3.8) is 0 Å². The first-order valence-electron chi connectivity index (χ1n) is 10.4. The normalized spacial score (nSPS) is 14.2. The van der Waals surface area contributed by atoms with Crippen LogP contribution in [-0.4, -0.2) is 48.0 Å². The van der Waals surface area contributed by atoms with E-state index in [1.165, 1.54) is 21.1 Å². The highest BCUT2D eigenvalue weighted by Crippen LogP contribution is 2.33. The standard InChI is InChI=1S/C12H14N2O4.C10H12N2O3/c1-8(15)13-4-3-9-5-11(14(16)17)12(18-2)6-10(9)7-13;1-15-10-5-8-6-11-3-2-7(8)4-9(10)12(13)14/h5-6H,3-4,7H2,1-2H3;4-5,11H,2-3,6H2,1H3. The van der Waals surface area contributed by atoms with Gasteiger partial charge in [-0.1, -0.05) is 0 Å². The number of rotatable bonds is 4. The largest absolute Gasteiger partial charge is 0.490 e. The quantitative estimate of drug-likeness (QED) is 0.545. The molecule has 2 aromatic rings. The van der Waals surface area contributed by atoms with E-state index in [2.05, 4.69) is 5.32 Å². The maximum absolute atomic E-state index is 11.3. The molecule has 0 unspecified atom stereocenters. The molecule has 4 rings (SSSR count). The van der Waals surface area contributed by atoms with E-state index in [1.54, 1.807) is 29.2 Å². The van der Waals surface area contributed by atoms with E-state index >= 15 is 0 Å². The lowest BCUT2D eigenvalue weighted by atomic mass is 9.98. The SMILES string of the molecule is COc1cc2c(cc1[N+](=O)[O-])CCN(C(C)=O)C2.COc1cc2c(cc1[N+](=O)[O-])CCNC2. The lowest BCUT2D eigenvalue weighted by Gasteiger charge is -2.28. The lowest BCUT2D eigenvalue weighted by molar-refractivity contribution is -0.386. The van der Waals surface area contributed by atoms with Crippen LogP contribution in [0.4, 0.5) is 11.4 Å². The van der Waals surface area contributed by atoms with Crippen LogP contribution in [0.15, 0.2) is 24.3 Å². The third kappa shape index (κ3) is 5.37. The van der Waals surface area contributed by atoms with Gasteiger partial charge in [0.05, 0.1) is 24.1 Å². The number of nitro groups is 2. The summed E-state index contributed by atoms with van der Waals surface area (Å²) in [4.78, 5) is 33.9. The average Bonchev–Trinajstić information content (AvgIpc) is 2.82. The second kappa shape index (κ2) is 10.3. The molecule has 33 heavy (non-hydrogen) atoms. The zero-order valence-electron chi connectivity index (χ0n) is 18.8. The summed E-state index contributed by atoms with van der Waals surface area (Å²) in [6, 6.07) is 6.57. The third-order valence-corrected chi connectivity index (χ3v) is 5.74. The van der Waals surface area contributed by atoms with Gasteiger partial charge in [-0.25, -0.2) is 0 Å². The summed E-state index contributed by atoms with van der Waals surface area (Å²) in [7, 11) is 2.85. The monoisotopic (exact) mass is 458 g/mol. The minimum absolute atomic E-state index is 0.0120. The van der Waals surface area contributed by atoms with Gasteiger partial charge in [0.1, 0.15) is 0 Å². The van der Waals surface area contributed by atoms with E-state index in [1.807, 2.05) is 0 Å². The van der Waals surface area contributed by atoms with Crippen molar-refractivity contribution < 1.29 is 24.1 Å². The molecule has 0 spiro atoms. The molecular weight excluding hydrogens is 432 g/mol. The number of ether oxygens (including phenoxy) is 2. The van der Waals surface area contributed by atoms with Gasteiger partial charge in [0.25, 0.3) is 0 Å². The highest BCUT2D eigenvalue weighted by molar-refractivity contribution is 5.73. The maximum Gasteiger partial charge on any atom is 0.311 e. The van der Waals surface area contributed by atoms with Gasteiger partial charge in [-0.2, -0.15) is 0 Å². The predicted molar refractivity (Wildman–Crippen MR) is 120 cm³/mol. The van der Waals surface area contributed by atoms with Crippen LogP contribution in [0.3, 0.4) is 0 Å². The predicted octanol–water partition coefficient (Wildman–Crippen LogP) is 2.76. The number of nitrogens with one attached hydrogen (secondary N) is 1. The van der Waals surface area contributed by atoms with E-state index in [-0.39, 0.29) is 23.0 Å². The molecule has 11 heteroatoms. The number of nitrogens with zero attached hydrogens (tertiary/aromatic N) is 3. The fraction of sp³-hybridized carbons (Fsp3) is 0.409. The van der Waals surface area contributed by atoms with Crippen molar-refractivity contribution in [2.45, 2.75) is 32.9 Å². The third-order valence-electron chi connectivity index (χ3n) is 5.74. The Kier molecular flexibility index (Phi) is 7.44. The Morgan fingerprint density at radius 3 is 1.97 bits per heavy atom. The molecule has 0 saturated heterocycles. The minimum Gasteiger partial charge on any atom is -0.490 e. The molecule has 2 aliphatic rings. The molecular formula is C22H26N4O7. The molecule has 0 fully saturated rings. The van der Waals surface area contributed by atoms with Crippen molar-refractivity contribution in [2.24, 2.45) is 0 Å². The molecule has 176 valence electrons. The summed E-state index contributed by atoms with van der Waals surface area (Å²) in [6.07, 6.45) is 1.47. The molecule has 2 aromatic carbocycles. The number of carbonyl (C=O) groups excluding carboxylic acids is 1. The van der Waals surface area contributed by atoms with Crippen LogP contribution in [0.2, 0.25) is 0 Å². The van der Waals surface area contributed by atoms with Crippen molar-refractivity contribution in [1.82, 2.24) is 10.2 Å². The summed E-state index contributed by atoms with van der Waals surface area (Å²) >= 11 is 0. The van der Waals surface area contributed by atoms with Crippen LogP contribution < -0.4 is 14.8 Å². The molecule has 0 aromatic heterocycles. The van der Waals surface area contributed by atoms with Gasteiger partial charge in [0.2, 0.25) is 5.91 Å². The molecule has 2 heterocycles. The van der Waals surface area contributed by atoms with E-state index < -0.39 is 9.85 Å². The zero-order valence-corrected chi connectivity index (χ0v) is 18.8. The van der Waals surface area contributed by atoms with Gasteiger partial charge >= 0.3 is 11.4 Å². The smallest absolute Gasteiger partial charge is 0.311 e. The van der Waals surface area contributed by atoms with Crippen molar-refractivity contribution in [1.29, 1.82) is 0 Å². The summed E-state index contributed by atoms with van der Waals surface area (Å²) in [5, 5.41) is 24.9. The number of fused-ring (bicyclic) bond motifs is 2. The van der Waals surface area contributed by atoms with E-state index in [0.29, 0.717) is 25.3 Å². The second-order valence-electron chi connectivity index (χ2n) is 7.72. The molecule has 0 saturated carbocycles. The number of amides is 1. The Bertz CT molecular complexity index is 1090. The summed E-state index contributed by atoms with van der Waals surface area (Å²) in [5.41, 5.74) is 3.99. The highest BCUT2D eigenvalue weighted by Gasteiger charge is 2.24. The van der Waals surface area contributed by atoms with E-state index in [4.69, 9.17) is 9.47 Å². The first kappa shape index (κ1) is 23.9. The average molecular weight is 458 g/mol. The topological polar surface area (TPSA) is 137 Å². The van der Waals surface area contributed by atoms with Crippen molar-refractivity contribution in [3.8, 4) is 11.5 Å². The number of methoxy groups -OCH3 is 2. The highest BCUT2D eigenvalue weighted by atomic mass is 16.6. The molecule has 0 bridgehead atoms. The molecule has 2 aliphatic heterocycles. The van der Waals surface area contributed by atoms with Gasteiger partial charge < -0.3 is 19.7 Å². The van der Waals surface area contributed by atoms with Crippen LogP contribution in [0.5, 0.6) is 11.5 Å². The minimum atomic E-state index is -0.448. The molecule has 1 amide bonds. The van der Waals surface area contributed by atoms with Crippen LogP contribution in [0, 0.1) is 20.2 Å². The van der Waals surface area contributed by atoms with E-state index in [0.717, 1.165) is 41.8 Å². The van der Waals surface area contributed by atoms with Gasteiger partial charge in [-0.05, 0) is 53.8 Å². The van der Waals surface area contributed by atoms with Gasteiger partial charge in [-0.15, -0.1) is 0 Å². The lowest BCUT2D eigenvalue weighted by Crippen LogP contribution is -2.34. The summed E-state index contributed by atoms with van der Waals surface area (Å²) < 4.78 is 10.0. The first-order chi connectivity index (χ1) is 15.7. The number of hydrogen-bond donors (Lipinski definition) is 1.